The van der Waals surface area contributed by atoms with E-state index in [-0.39, 0.29) is 24.3 Å². The van der Waals surface area contributed by atoms with Crippen LogP contribution < -0.4 is 10.2 Å². The van der Waals surface area contributed by atoms with E-state index in [1.165, 1.54) is 0 Å². The number of hydrogen-bond donors (Lipinski definition) is 1. The van der Waals surface area contributed by atoms with Crippen molar-refractivity contribution in [2.45, 2.75) is 38.6 Å². The Morgan fingerprint density at radius 1 is 1.03 bits per heavy atom. The lowest BCUT2D eigenvalue weighted by Gasteiger charge is -2.43. The fraction of sp³-hybridized carbons (Fsp3) is 0.414. The maximum Gasteiger partial charge on any atom is 0.250 e. The number of anilines is 1. The number of nitrogens with zero attached hydrogens (tertiary/aromatic N) is 3. The molecule has 1 N–H and O–H groups in total. The van der Waals surface area contributed by atoms with Crippen molar-refractivity contribution in [2.75, 3.05) is 37.7 Å². The second-order valence-corrected chi connectivity index (χ2v) is 9.83. The molecule has 2 heterocycles. The van der Waals surface area contributed by atoms with Gasteiger partial charge in [0.2, 0.25) is 11.8 Å². The van der Waals surface area contributed by atoms with Gasteiger partial charge in [-0.2, -0.15) is 0 Å². The van der Waals surface area contributed by atoms with E-state index < -0.39 is 5.54 Å². The second kappa shape index (κ2) is 11.4. The summed E-state index contributed by atoms with van der Waals surface area (Å²) in [6.45, 7) is 6.18. The quantitative estimate of drug-likeness (QED) is 0.577. The van der Waals surface area contributed by atoms with Crippen molar-refractivity contribution in [3.63, 3.8) is 0 Å². The molecule has 2 aliphatic rings. The molecule has 3 amide bonds. The number of benzene rings is 2. The summed E-state index contributed by atoms with van der Waals surface area (Å²) in [5.74, 6) is 0.184. The second-order valence-electron chi connectivity index (χ2n) is 9.83. The highest BCUT2D eigenvalue weighted by Gasteiger charge is 2.54. The lowest BCUT2D eigenvalue weighted by atomic mass is 9.85. The van der Waals surface area contributed by atoms with Gasteiger partial charge in [-0.05, 0) is 42.5 Å². The Balaban J connectivity index is 1.46. The molecule has 0 radical (unpaired) electrons. The van der Waals surface area contributed by atoms with Crippen LogP contribution in [0.2, 0.25) is 0 Å². The zero-order valence-corrected chi connectivity index (χ0v) is 21.2. The Kier molecular flexibility index (Phi) is 8.08. The Morgan fingerprint density at radius 2 is 1.67 bits per heavy atom. The summed E-state index contributed by atoms with van der Waals surface area (Å²) in [6.07, 6.45) is 5.47. The van der Waals surface area contributed by atoms with E-state index in [0.29, 0.717) is 45.1 Å². The summed E-state index contributed by atoms with van der Waals surface area (Å²) >= 11 is 0. The number of carbonyl (C=O) groups excluding carboxylic acids is 3. The summed E-state index contributed by atoms with van der Waals surface area (Å²) in [4.78, 5) is 44.8. The monoisotopic (exact) mass is 488 g/mol. The summed E-state index contributed by atoms with van der Waals surface area (Å²) in [5.41, 5.74) is 1.18. The van der Waals surface area contributed by atoms with Gasteiger partial charge in [-0.15, -0.1) is 0 Å². The minimum Gasteiger partial charge on any atom is -0.354 e. The Hall–Kier alpha value is -3.61. The smallest absolute Gasteiger partial charge is 0.250 e. The Labute approximate surface area is 213 Å². The van der Waals surface area contributed by atoms with E-state index in [2.05, 4.69) is 24.1 Å². The molecule has 190 valence electrons. The number of hydrogen-bond acceptors (Lipinski definition) is 4. The maximum absolute atomic E-state index is 13.8. The Bertz CT molecular complexity index is 1080. The fourth-order valence-corrected chi connectivity index (χ4v) is 4.92. The van der Waals surface area contributed by atoms with Gasteiger partial charge in [0.05, 0.1) is 6.67 Å². The molecule has 0 aromatic heterocycles. The summed E-state index contributed by atoms with van der Waals surface area (Å²) in [5, 5.41) is 2.96. The van der Waals surface area contributed by atoms with E-state index in [4.69, 9.17) is 0 Å². The van der Waals surface area contributed by atoms with Gasteiger partial charge in [0.15, 0.2) is 0 Å². The molecular weight excluding hydrogens is 452 g/mol. The number of piperidine rings is 1. The molecule has 2 aromatic rings. The van der Waals surface area contributed by atoms with Crippen LogP contribution >= 0.6 is 0 Å². The topological polar surface area (TPSA) is 73.0 Å². The van der Waals surface area contributed by atoms with Crippen LogP contribution in [0, 0.1) is 5.92 Å². The van der Waals surface area contributed by atoms with Crippen LogP contribution in [0.4, 0.5) is 5.69 Å². The summed E-state index contributed by atoms with van der Waals surface area (Å²) in [6, 6.07) is 19.6. The van der Waals surface area contributed by atoms with Gasteiger partial charge >= 0.3 is 0 Å². The first kappa shape index (κ1) is 25.5. The number of para-hydroxylation sites is 1. The van der Waals surface area contributed by atoms with Crippen molar-refractivity contribution in [3.8, 4) is 0 Å². The normalized spacial score (nSPS) is 18.2. The fourth-order valence-electron chi connectivity index (χ4n) is 4.92. The molecule has 1 unspecified atom stereocenters. The molecule has 0 aliphatic carbocycles. The van der Waals surface area contributed by atoms with Crippen molar-refractivity contribution >= 4 is 29.5 Å². The largest absolute Gasteiger partial charge is 0.354 e. The Morgan fingerprint density at radius 3 is 2.31 bits per heavy atom. The van der Waals surface area contributed by atoms with Crippen molar-refractivity contribution < 1.29 is 14.4 Å². The molecule has 1 atom stereocenters. The predicted molar refractivity (Wildman–Crippen MR) is 142 cm³/mol. The molecule has 2 aromatic carbocycles. The number of nitrogens with one attached hydrogen (secondary N) is 1. The van der Waals surface area contributed by atoms with Gasteiger partial charge in [-0.25, -0.2) is 0 Å². The molecule has 7 nitrogen and oxygen atoms in total. The van der Waals surface area contributed by atoms with Gasteiger partial charge in [0.1, 0.15) is 12.1 Å². The maximum atomic E-state index is 13.8. The molecule has 4 rings (SSSR count). The number of rotatable bonds is 8. The average molecular weight is 489 g/mol. The number of carbonyl (C=O) groups is 3. The van der Waals surface area contributed by atoms with Gasteiger partial charge in [0.25, 0.3) is 5.91 Å². The molecule has 1 spiro atoms. The van der Waals surface area contributed by atoms with E-state index in [0.717, 1.165) is 17.7 Å². The van der Waals surface area contributed by atoms with Crippen LogP contribution in [0.15, 0.2) is 66.7 Å². The molecule has 2 aliphatic heterocycles. The highest BCUT2D eigenvalue weighted by molar-refractivity contribution is 5.97. The van der Waals surface area contributed by atoms with Crippen molar-refractivity contribution in [2.24, 2.45) is 5.92 Å². The van der Waals surface area contributed by atoms with Crippen LogP contribution in [0.1, 0.15) is 38.7 Å². The van der Waals surface area contributed by atoms with Gasteiger partial charge < -0.3 is 20.0 Å². The molecule has 0 bridgehead atoms. The molecule has 0 saturated carbocycles. The van der Waals surface area contributed by atoms with Crippen molar-refractivity contribution in [3.05, 3.63) is 72.3 Å². The SMILES string of the molecule is CCC(C)CNC(=O)CN1CN(c2ccccc2)C2(CCN(C(=O)C=Cc3ccccc3)CC2)C1=O. The predicted octanol–water partition coefficient (Wildman–Crippen LogP) is 3.53. The third-order valence-electron chi connectivity index (χ3n) is 7.38. The van der Waals surface area contributed by atoms with E-state index >= 15 is 0 Å². The van der Waals surface area contributed by atoms with E-state index in [9.17, 15) is 14.4 Å². The van der Waals surface area contributed by atoms with Crippen LogP contribution in [0.5, 0.6) is 0 Å². The first-order valence-corrected chi connectivity index (χ1v) is 12.8. The third-order valence-corrected chi connectivity index (χ3v) is 7.38. The zero-order chi connectivity index (χ0) is 25.5. The molecule has 36 heavy (non-hydrogen) atoms. The van der Waals surface area contributed by atoms with Crippen LogP contribution in [0.3, 0.4) is 0 Å². The first-order valence-electron chi connectivity index (χ1n) is 12.8. The lowest BCUT2D eigenvalue weighted by Crippen LogP contribution is -2.57. The van der Waals surface area contributed by atoms with Gasteiger partial charge in [0, 0.05) is 31.4 Å². The van der Waals surface area contributed by atoms with E-state index in [1.54, 1.807) is 11.0 Å². The van der Waals surface area contributed by atoms with Crippen LogP contribution in [-0.4, -0.2) is 65.9 Å². The molecular formula is C29H36N4O3. The standard InChI is InChI=1S/C29H36N4O3/c1-3-23(2)20-30-26(34)21-32-22-33(25-12-8-5-9-13-25)29(28(32)36)16-18-31(19-17-29)27(35)15-14-24-10-6-4-7-11-24/h4-15,23H,3,16-22H2,1-2H3,(H,30,34). The highest BCUT2D eigenvalue weighted by atomic mass is 16.2. The van der Waals surface area contributed by atoms with Crippen molar-refractivity contribution in [1.82, 2.24) is 15.1 Å². The zero-order valence-electron chi connectivity index (χ0n) is 21.2. The van der Waals surface area contributed by atoms with Gasteiger partial charge in [-0.1, -0.05) is 68.8 Å². The van der Waals surface area contributed by atoms with Crippen LogP contribution in [0.25, 0.3) is 6.08 Å². The number of amides is 3. The van der Waals surface area contributed by atoms with E-state index in [1.807, 2.05) is 71.6 Å². The molecule has 7 heteroatoms. The minimum atomic E-state index is -0.752. The lowest BCUT2D eigenvalue weighted by molar-refractivity contribution is -0.138. The third kappa shape index (κ3) is 5.61. The van der Waals surface area contributed by atoms with Gasteiger partial charge in [-0.3, -0.25) is 14.4 Å². The first-order chi connectivity index (χ1) is 17.4. The highest BCUT2D eigenvalue weighted by Crippen LogP contribution is 2.39. The number of likely N-dealkylation sites (tertiary alicyclic amines) is 1. The summed E-state index contributed by atoms with van der Waals surface area (Å²) in [7, 11) is 0. The van der Waals surface area contributed by atoms with Crippen molar-refractivity contribution in [1.29, 1.82) is 0 Å². The molecule has 2 saturated heterocycles. The van der Waals surface area contributed by atoms with Crippen LogP contribution in [-0.2, 0) is 14.4 Å². The molecule has 2 fully saturated rings. The summed E-state index contributed by atoms with van der Waals surface area (Å²) < 4.78 is 0. The average Bonchev–Trinajstić information content (AvgIpc) is 3.17. The minimum absolute atomic E-state index is 0.0306.